The zero-order chi connectivity index (χ0) is 18.5. The number of ether oxygens (including phenoxy) is 1. The minimum atomic E-state index is -0.136. The molecule has 0 atom stereocenters. The molecule has 2 heterocycles. The van der Waals surface area contributed by atoms with Crippen molar-refractivity contribution in [2.24, 2.45) is 0 Å². The van der Waals surface area contributed by atoms with E-state index in [1.807, 2.05) is 42.6 Å². The highest BCUT2D eigenvalue weighted by Crippen LogP contribution is 2.30. The van der Waals surface area contributed by atoms with Crippen molar-refractivity contribution in [1.82, 2.24) is 10.3 Å². The van der Waals surface area contributed by atoms with Gasteiger partial charge < -0.3 is 10.1 Å². The molecule has 2 aromatic heterocycles. The van der Waals surface area contributed by atoms with Crippen LogP contribution in [0.1, 0.15) is 35.9 Å². The fraction of sp³-hybridized carbons (Fsp3) is 0.300. The number of nitrogens with one attached hydrogen (secondary N) is 1. The summed E-state index contributed by atoms with van der Waals surface area (Å²) in [5.74, 6) is 1.05. The average molecular weight is 387 g/mol. The number of hydrogen-bond donors (Lipinski definition) is 1. The van der Waals surface area contributed by atoms with E-state index in [0.29, 0.717) is 18.2 Å². The van der Waals surface area contributed by atoms with Crippen LogP contribution < -0.4 is 10.1 Å². The van der Waals surface area contributed by atoms with Gasteiger partial charge in [0, 0.05) is 4.88 Å². The van der Waals surface area contributed by atoms with Gasteiger partial charge in [-0.3, -0.25) is 4.79 Å². The molecule has 0 spiro atoms. The number of thiazole rings is 1. The maximum Gasteiger partial charge on any atom is 0.258 e. The highest BCUT2D eigenvalue weighted by atomic mass is 32.1. The molecule has 0 saturated heterocycles. The number of aromatic nitrogens is 1. The summed E-state index contributed by atoms with van der Waals surface area (Å²) >= 11 is 3.29. The summed E-state index contributed by atoms with van der Waals surface area (Å²) in [5, 5.41) is 5.95. The third-order valence-corrected chi connectivity index (χ3v) is 6.18. The van der Waals surface area contributed by atoms with Crippen LogP contribution in [0.5, 0.6) is 5.75 Å². The van der Waals surface area contributed by atoms with Gasteiger partial charge >= 0.3 is 0 Å². The second kappa shape index (κ2) is 8.47. The third-order valence-electron chi connectivity index (χ3n) is 3.99. The van der Waals surface area contributed by atoms with E-state index in [4.69, 9.17) is 4.74 Å². The second-order valence-electron chi connectivity index (χ2n) is 6.29. The summed E-state index contributed by atoms with van der Waals surface area (Å²) < 4.78 is 5.56. The number of thiophene rings is 1. The minimum Gasteiger partial charge on any atom is -0.484 e. The Balaban J connectivity index is 1.50. The number of rotatable bonds is 7. The zero-order valence-corrected chi connectivity index (χ0v) is 16.7. The van der Waals surface area contributed by atoms with Crippen LogP contribution in [0.25, 0.3) is 9.88 Å². The first-order chi connectivity index (χ1) is 12.5. The van der Waals surface area contributed by atoms with Crippen LogP contribution in [-0.4, -0.2) is 17.5 Å². The minimum absolute atomic E-state index is 0.0106. The molecule has 0 radical (unpaired) electrons. The van der Waals surface area contributed by atoms with Crippen LogP contribution in [0.2, 0.25) is 0 Å². The molecule has 0 bridgehead atoms. The van der Waals surface area contributed by atoms with Gasteiger partial charge in [-0.1, -0.05) is 32.0 Å². The molecule has 3 aromatic rings. The van der Waals surface area contributed by atoms with E-state index < -0.39 is 0 Å². The smallest absolute Gasteiger partial charge is 0.258 e. The fourth-order valence-corrected chi connectivity index (χ4v) is 4.22. The zero-order valence-electron chi connectivity index (χ0n) is 15.1. The lowest BCUT2D eigenvalue weighted by molar-refractivity contribution is -0.123. The van der Waals surface area contributed by atoms with Crippen molar-refractivity contribution in [3.8, 4) is 15.6 Å². The Kier molecular flexibility index (Phi) is 6.06. The van der Waals surface area contributed by atoms with E-state index in [2.05, 4.69) is 30.2 Å². The quantitative estimate of drug-likeness (QED) is 0.622. The van der Waals surface area contributed by atoms with E-state index in [1.54, 1.807) is 22.7 Å². The Morgan fingerprint density at radius 1 is 1.23 bits per heavy atom. The number of nitrogens with zero attached hydrogens (tertiary/aromatic N) is 1. The standard InChI is InChI=1S/C20H22N2O2S2/c1-13(2)15-6-8-16(9-7-15)24-12-19(23)21-11-18-14(3)22-20(26-18)17-5-4-10-25-17/h4-10,13H,11-12H2,1-3H3,(H,21,23). The van der Waals surface area contributed by atoms with Crippen molar-refractivity contribution in [1.29, 1.82) is 0 Å². The van der Waals surface area contributed by atoms with Crippen molar-refractivity contribution in [2.45, 2.75) is 33.2 Å². The van der Waals surface area contributed by atoms with Gasteiger partial charge in [-0.2, -0.15) is 0 Å². The Morgan fingerprint density at radius 2 is 2.00 bits per heavy atom. The molecule has 0 aliphatic carbocycles. The van der Waals surface area contributed by atoms with Crippen LogP contribution in [0.4, 0.5) is 0 Å². The van der Waals surface area contributed by atoms with Crippen molar-refractivity contribution >= 4 is 28.6 Å². The number of carbonyl (C=O) groups excluding carboxylic acids is 1. The summed E-state index contributed by atoms with van der Waals surface area (Å²) in [5.41, 5.74) is 2.22. The predicted octanol–water partition coefficient (Wildman–Crippen LogP) is 5.00. The van der Waals surface area contributed by atoms with Gasteiger partial charge in [0.15, 0.2) is 6.61 Å². The van der Waals surface area contributed by atoms with Gasteiger partial charge in [0.1, 0.15) is 10.8 Å². The van der Waals surface area contributed by atoms with Crippen LogP contribution in [0, 0.1) is 6.92 Å². The molecule has 0 aliphatic rings. The van der Waals surface area contributed by atoms with Gasteiger partial charge in [0.25, 0.3) is 5.91 Å². The molecular weight excluding hydrogens is 364 g/mol. The number of amides is 1. The van der Waals surface area contributed by atoms with Gasteiger partial charge in [-0.05, 0) is 42.0 Å². The normalized spacial score (nSPS) is 10.9. The molecule has 136 valence electrons. The molecule has 1 N–H and O–H groups in total. The fourth-order valence-electron chi connectivity index (χ4n) is 2.43. The topological polar surface area (TPSA) is 51.2 Å². The van der Waals surface area contributed by atoms with Gasteiger partial charge in [-0.15, -0.1) is 22.7 Å². The molecule has 0 unspecified atom stereocenters. The average Bonchev–Trinajstić information content (AvgIpc) is 3.28. The van der Waals surface area contributed by atoms with Crippen LogP contribution in [0.3, 0.4) is 0 Å². The highest BCUT2D eigenvalue weighted by Gasteiger charge is 2.11. The summed E-state index contributed by atoms with van der Waals surface area (Å²) in [6, 6.07) is 12.0. The lowest BCUT2D eigenvalue weighted by Crippen LogP contribution is -2.28. The van der Waals surface area contributed by atoms with Crippen LogP contribution in [-0.2, 0) is 11.3 Å². The summed E-state index contributed by atoms with van der Waals surface area (Å²) in [4.78, 5) is 18.9. The first-order valence-corrected chi connectivity index (χ1v) is 10.2. The number of aryl methyl sites for hydroxylation is 1. The van der Waals surface area contributed by atoms with Crippen LogP contribution in [0.15, 0.2) is 41.8 Å². The van der Waals surface area contributed by atoms with E-state index in [9.17, 15) is 4.79 Å². The van der Waals surface area contributed by atoms with E-state index in [1.165, 1.54) is 5.56 Å². The Bertz CT molecular complexity index is 853. The Morgan fingerprint density at radius 3 is 2.65 bits per heavy atom. The molecule has 1 aromatic carbocycles. The molecular formula is C20H22N2O2S2. The molecule has 1 amide bonds. The molecule has 3 rings (SSSR count). The molecule has 0 aliphatic heterocycles. The van der Waals surface area contributed by atoms with E-state index in [-0.39, 0.29) is 12.5 Å². The van der Waals surface area contributed by atoms with Gasteiger partial charge in [0.05, 0.1) is 17.1 Å². The Hall–Kier alpha value is -2.18. The molecule has 4 nitrogen and oxygen atoms in total. The molecule has 0 fully saturated rings. The number of hydrogen-bond acceptors (Lipinski definition) is 5. The first kappa shape index (κ1) is 18.6. The van der Waals surface area contributed by atoms with Crippen molar-refractivity contribution in [2.75, 3.05) is 6.61 Å². The third kappa shape index (κ3) is 4.71. The lowest BCUT2D eigenvalue weighted by atomic mass is 10.0. The largest absolute Gasteiger partial charge is 0.484 e. The predicted molar refractivity (Wildman–Crippen MR) is 108 cm³/mol. The second-order valence-corrected chi connectivity index (χ2v) is 8.33. The van der Waals surface area contributed by atoms with Crippen molar-refractivity contribution < 1.29 is 9.53 Å². The lowest BCUT2D eigenvalue weighted by Gasteiger charge is -2.09. The van der Waals surface area contributed by atoms with Gasteiger partial charge in [-0.25, -0.2) is 4.98 Å². The monoisotopic (exact) mass is 386 g/mol. The SMILES string of the molecule is Cc1nc(-c2cccs2)sc1CNC(=O)COc1ccc(C(C)C)cc1. The summed E-state index contributed by atoms with van der Waals surface area (Å²) in [6.45, 7) is 6.76. The summed E-state index contributed by atoms with van der Waals surface area (Å²) in [7, 11) is 0. The van der Waals surface area contributed by atoms with Gasteiger partial charge in [0.2, 0.25) is 0 Å². The van der Waals surface area contributed by atoms with E-state index >= 15 is 0 Å². The first-order valence-electron chi connectivity index (χ1n) is 8.52. The molecule has 6 heteroatoms. The number of carbonyl (C=O) groups is 1. The molecule has 26 heavy (non-hydrogen) atoms. The maximum absolute atomic E-state index is 12.1. The van der Waals surface area contributed by atoms with Crippen LogP contribution >= 0.6 is 22.7 Å². The molecule has 0 saturated carbocycles. The Labute approximate surface area is 161 Å². The van der Waals surface area contributed by atoms with Crippen molar-refractivity contribution in [3.05, 3.63) is 57.9 Å². The van der Waals surface area contributed by atoms with Crippen molar-refractivity contribution in [3.63, 3.8) is 0 Å². The number of benzene rings is 1. The highest BCUT2D eigenvalue weighted by molar-refractivity contribution is 7.21. The van der Waals surface area contributed by atoms with E-state index in [0.717, 1.165) is 20.5 Å². The maximum atomic E-state index is 12.1. The summed E-state index contributed by atoms with van der Waals surface area (Å²) in [6.07, 6.45) is 0.